The van der Waals surface area contributed by atoms with Gasteiger partial charge in [0.15, 0.2) is 0 Å². The van der Waals surface area contributed by atoms with E-state index in [2.05, 4.69) is 73.5 Å². The third-order valence-corrected chi connectivity index (χ3v) is 6.02. The third kappa shape index (κ3) is 3.90. The Balaban J connectivity index is 1.45. The molecule has 0 aromatic heterocycles. The molecule has 0 spiro atoms. The van der Waals surface area contributed by atoms with Crippen molar-refractivity contribution < 1.29 is 9.47 Å². The molecule has 0 saturated carbocycles. The maximum atomic E-state index is 6.43. The van der Waals surface area contributed by atoms with E-state index in [4.69, 9.17) is 14.6 Å². The second-order valence-electron chi connectivity index (χ2n) is 8.29. The zero-order valence-electron chi connectivity index (χ0n) is 18.1. The summed E-state index contributed by atoms with van der Waals surface area (Å²) < 4.78 is 12.2. The highest BCUT2D eigenvalue weighted by atomic mass is 16.5. The average molecular weight is 413 g/mol. The molecule has 2 heterocycles. The molecule has 3 aromatic carbocycles. The molecule has 31 heavy (non-hydrogen) atoms. The fourth-order valence-electron chi connectivity index (χ4n) is 4.24. The minimum Gasteiger partial charge on any atom is -0.494 e. The molecule has 2 atom stereocenters. The van der Waals surface area contributed by atoms with Crippen LogP contribution < -0.4 is 9.47 Å². The minimum atomic E-state index is -0.227. The number of para-hydroxylation sites is 1. The van der Waals surface area contributed by atoms with Gasteiger partial charge in [0.2, 0.25) is 6.23 Å². The van der Waals surface area contributed by atoms with Crippen LogP contribution in [0.15, 0.2) is 77.9 Å². The van der Waals surface area contributed by atoms with Crippen molar-refractivity contribution >= 4 is 5.71 Å². The molecule has 0 bridgehead atoms. The van der Waals surface area contributed by atoms with E-state index in [1.165, 1.54) is 11.1 Å². The Hall–Kier alpha value is -3.27. The van der Waals surface area contributed by atoms with E-state index in [-0.39, 0.29) is 12.3 Å². The van der Waals surface area contributed by atoms with Crippen LogP contribution in [-0.2, 0) is 0 Å². The first kappa shape index (κ1) is 19.7. The SMILES string of the molecule is CCCCOc1ccc(C2=NN3[C@@H](C2)c2ccccc2O[C@H]3c2ccc(C)cc2)cc1. The topological polar surface area (TPSA) is 34.1 Å². The molecule has 3 aromatic rings. The number of hydrogen-bond donors (Lipinski definition) is 0. The van der Waals surface area contributed by atoms with E-state index >= 15 is 0 Å². The summed E-state index contributed by atoms with van der Waals surface area (Å²) in [5.74, 6) is 1.87. The predicted molar refractivity (Wildman–Crippen MR) is 124 cm³/mol. The molecule has 2 aliphatic heterocycles. The molecule has 5 rings (SSSR count). The zero-order chi connectivity index (χ0) is 21.2. The summed E-state index contributed by atoms with van der Waals surface area (Å²) in [6.07, 6.45) is 2.84. The Morgan fingerprint density at radius 1 is 1.00 bits per heavy atom. The molecule has 0 unspecified atom stereocenters. The normalized spacial score (nSPS) is 19.3. The minimum absolute atomic E-state index is 0.173. The van der Waals surface area contributed by atoms with Crippen molar-refractivity contribution in [1.82, 2.24) is 5.01 Å². The lowest BCUT2D eigenvalue weighted by atomic mass is 9.96. The molecule has 0 amide bonds. The number of hydrazone groups is 1. The van der Waals surface area contributed by atoms with Crippen molar-refractivity contribution in [2.24, 2.45) is 5.10 Å². The van der Waals surface area contributed by atoms with Crippen molar-refractivity contribution in [2.45, 2.75) is 45.4 Å². The summed E-state index contributed by atoms with van der Waals surface area (Å²) in [5.41, 5.74) is 5.78. The van der Waals surface area contributed by atoms with Crippen molar-refractivity contribution in [3.8, 4) is 11.5 Å². The van der Waals surface area contributed by atoms with Gasteiger partial charge in [-0.05, 0) is 49.2 Å². The largest absolute Gasteiger partial charge is 0.494 e. The van der Waals surface area contributed by atoms with Crippen LogP contribution in [0.1, 0.15) is 60.7 Å². The van der Waals surface area contributed by atoms with E-state index in [1.54, 1.807) is 0 Å². The van der Waals surface area contributed by atoms with E-state index in [0.717, 1.165) is 54.2 Å². The van der Waals surface area contributed by atoms with E-state index in [9.17, 15) is 0 Å². The zero-order valence-corrected chi connectivity index (χ0v) is 18.1. The predicted octanol–water partition coefficient (Wildman–Crippen LogP) is 6.42. The number of fused-ring (bicyclic) bond motifs is 3. The number of benzene rings is 3. The Morgan fingerprint density at radius 3 is 2.55 bits per heavy atom. The third-order valence-electron chi connectivity index (χ3n) is 6.02. The molecule has 4 heteroatoms. The second-order valence-corrected chi connectivity index (χ2v) is 8.29. The number of unbranched alkanes of at least 4 members (excludes halogenated alkanes) is 1. The van der Waals surface area contributed by atoms with Crippen molar-refractivity contribution in [2.75, 3.05) is 6.61 Å². The van der Waals surface area contributed by atoms with Crippen molar-refractivity contribution in [1.29, 1.82) is 0 Å². The standard InChI is InChI=1S/C27H28N2O2/c1-3-4-17-30-22-15-13-20(14-16-22)24-18-25-23-7-5-6-8-26(23)31-27(29(25)28-24)21-11-9-19(2)10-12-21/h5-16,25,27H,3-4,17-18H2,1-2H3/t25-,27-/m0/s1. The Bertz CT molecular complexity index is 1070. The lowest BCUT2D eigenvalue weighted by Gasteiger charge is -2.38. The van der Waals surface area contributed by atoms with Crippen molar-refractivity contribution in [3.05, 3.63) is 95.1 Å². The van der Waals surface area contributed by atoms with Gasteiger partial charge in [-0.3, -0.25) is 0 Å². The first-order valence-electron chi connectivity index (χ1n) is 11.1. The van der Waals surface area contributed by atoms with Gasteiger partial charge < -0.3 is 9.47 Å². The summed E-state index contributed by atoms with van der Waals surface area (Å²) in [4.78, 5) is 0. The fourth-order valence-corrected chi connectivity index (χ4v) is 4.24. The summed E-state index contributed by atoms with van der Waals surface area (Å²) in [6, 6.07) is 25.4. The summed E-state index contributed by atoms with van der Waals surface area (Å²) in [6.45, 7) is 5.04. The van der Waals surface area contributed by atoms with E-state index in [1.807, 2.05) is 18.2 Å². The fraction of sp³-hybridized carbons (Fsp3) is 0.296. The van der Waals surface area contributed by atoms with Crippen molar-refractivity contribution in [3.63, 3.8) is 0 Å². The molecule has 4 nitrogen and oxygen atoms in total. The Morgan fingerprint density at radius 2 is 1.77 bits per heavy atom. The van der Waals surface area contributed by atoms with Crippen LogP contribution >= 0.6 is 0 Å². The molecule has 0 radical (unpaired) electrons. The van der Waals surface area contributed by atoms with Gasteiger partial charge in [0.25, 0.3) is 0 Å². The van der Waals surface area contributed by atoms with E-state index in [0.29, 0.717) is 0 Å². The van der Waals surface area contributed by atoms with Gasteiger partial charge in [0.05, 0.1) is 18.4 Å². The lowest BCUT2D eigenvalue weighted by Crippen LogP contribution is -2.33. The van der Waals surface area contributed by atoms with E-state index < -0.39 is 0 Å². The van der Waals surface area contributed by atoms with Crippen LogP contribution in [-0.4, -0.2) is 17.3 Å². The summed E-state index contributed by atoms with van der Waals surface area (Å²) in [5, 5.41) is 7.18. The monoisotopic (exact) mass is 412 g/mol. The maximum Gasteiger partial charge on any atom is 0.213 e. The van der Waals surface area contributed by atoms with Gasteiger partial charge in [-0.25, -0.2) is 5.01 Å². The first-order valence-corrected chi connectivity index (χ1v) is 11.1. The molecular weight excluding hydrogens is 384 g/mol. The average Bonchev–Trinajstić information content (AvgIpc) is 3.26. The van der Waals surface area contributed by atoms with Crippen LogP contribution in [0.4, 0.5) is 0 Å². The molecule has 0 N–H and O–H groups in total. The van der Waals surface area contributed by atoms with Gasteiger partial charge in [0, 0.05) is 17.5 Å². The van der Waals surface area contributed by atoms with Crippen LogP contribution in [0.3, 0.4) is 0 Å². The van der Waals surface area contributed by atoms with Crippen LogP contribution in [0.2, 0.25) is 0 Å². The van der Waals surface area contributed by atoms with Gasteiger partial charge in [-0.1, -0.05) is 61.4 Å². The van der Waals surface area contributed by atoms with Gasteiger partial charge >= 0.3 is 0 Å². The molecule has 2 aliphatic rings. The number of aryl methyl sites for hydroxylation is 1. The molecule has 0 aliphatic carbocycles. The van der Waals surface area contributed by atoms with Gasteiger partial charge in [0.1, 0.15) is 11.5 Å². The highest BCUT2D eigenvalue weighted by molar-refractivity contribution is 6.02. The lowest BCUT2D eigenvalue weighted by molar-refractivity contribution is -0.0190. The molecule has 0 fully saturated rings. The maximum absolute atomic E-state index is 6.43. The smallest absolute Gasteiger partial charge is 0.213 e. The second kappa shape index (κ2) is 8.46. The Kier molecular flexibility index (Phi) is 5.37. The molecule has 158 valence electrons. The summed E-state index contributed by atoms with van der Waals surface area (Å²) >= 11 is 0. The molecule has 0 saturated heterocycles. The van der Waals surface area contributed by atoms with Gasteiger partial charge in [-0.2, -0.15) is 5.10 Å². The first-order chi connectivity index (χ1) is 15.2. The van der Waals surface area contributed by atoms with Crippen LogP contribution in [0, 0.1) is 6.92 Å². The Labute approximate surface area is 184 Å². The highest BCUT2D eigenvalue weighted by Crippen LogP contribution is 2.47. The van der Waals surface area contributed by atoms with Crippen LogP contribution in [0.25, 0.3) is 0 Å². The quantitative estimate of drug-likeness (QED) is 0.438. The van der Waals surface area contributed by atoms with Crippen LogP contribution in [0.5, 0.6) is 11.5 Å². The molecular formula is C27H28N2O2. The van der Waals surface area contributed by atoms with Gasteiger partial charge in [-0.15, -0.1) is 0 Å². The number of nitrogens with zero attached hydrogens (tertiary/aromatic N) is 2. The number of rotatable bonds is 6. The highest BCUT2D eigenvalue weighted by Gasteiger charge is 2.40. The number of hydrogen-bond acceptors (Lipinski definition) is 4. The number of ether oxygens (including phenoxy) is 2. The summed E-state index contributed by atoms with van der Waals surface area (Å²) in [7, 11) is 0.